The zero-order valence-corrected chi connectivity index (χ0v) is 14.2. The van der Waals surface area contributed by atoms with Crippen molar-refractivity contribution in [1.29, 1.82) is 0 Å². The van der Waals surface area contributed by atoms with Gasteiger partial charge in [0.05, 0.1) is 21.9 Å². The van der Waals surface area contributed by atoms with E-state index in [1.54, 1.807) is 18.2 Å². The van der Waals surface area contributed by atoms with Crippen LogP contribution in [-0.4, -0.2) is 27.5 Å². The lowest BCUT2D eigenvalue weighted by molar-refractivity contribution is 0.00578. The summed E-state index contributed by atoms with van der Waals surface area (Å²) in [4.78, 5) is 12.3. The van der Waals surface area contributed by atoms with Crippen LogP contribution in [0.4, 0.5) is 0 Å². The molecule has 2 aromatic rings. The van der Waals surface area contributed by atoms with E-state index in [4.69, 9.17) is 25.0 Å². The fourth-order valence-corrected chi connectivity index (χ4v) is 2.68. The van der Waals surface area contributed by atoms with Crippen LogP contribution in [0.2, 0.25) is 5.02 Å². The lowest BCUT2D eigenvalue weighted by Gasteiger charge is -2.32. The van der Waals surface area contributed by atoms with Crippen molar-refractivity contribution >= 4 is 24.2 Å². The molecule has 1 fully saturated rings. The van der Waals surface area contributed by atoms with Crippen LogP contribution >= 0.6 is 11.6 Å². The van der Waals surface area contributed by atoms with Gasteiger partial charge in [0.2, 0.25) is 0 Å². The Balaban J connectivity index is 1.95. The van der Waals surface area contributed by atoms with Crippen molar-refractivity contribution in [2.75, 3.05) is 0 Å². The Kier molecular flexibility index (Phi) is 2.94. The molecule has 0 atom stereocenters. The first kappa shape index (κ1) is 12.9. The fourth-order valence-electron chi connectivity index (χ4n) is 2.40. The molecule has 0 amide bonds. The molecule has 1 aromatic heterocycles. The van der Waals surface area contributed by atoms with Gasteiger partial charge in [-0.25, -0.2) is 4.79 Å². The molecule has 0 N–H and O–H groups in total. The molecule has 1 saturated heterocycles. The van der Waals surface area contributed by atoms with E-state index in [1.165, 1.54) is 17.0 Å². The van der Waals surface area contributed by atoms with Crippen molar-refractivity contribution in [3.05, 3.63) is 46.1 Å². The summed E-state index contributed by atoms with van der Waals surface area (Å²) in [5.41, 5.74) is -0.524. The number of hydrogen-bond acceptors (Lipinski definition) is 3. The largest absolute Gasteiger partial charge is 0.494 e. The molecule has 0 aliphatic carbocycles. The van der Waals surface area contributed by atoms with Gasteiger partial charge in [-0.15, -0.1) is 0 Å². The van der Waals surface area contributed by atoms with Crippen molar-refractivity contribution in [1.82, 2.24) is 9.13 Å². The fraction of sp³-hybridized carbons (Fsp3) is 0.438. The molecule has 23 heavy (non-hydrogen) atoms. The van der Waals surface area contributed by atoms with Crippen molar-refractivity contribution in [2.45, 2.75) is 38.9 Å². The van der Waals surface area contributed by atoms with E-state index >= 15 is 0 Å². The van der Waals surface area contributed by atoms with Crippen LogP contribution in [0.25, 0.3) is 5.69 Å². The minimum Gasteiger partial charge on any atom is -0.399 e. The van der Waals surface area contributed by atoms with Gasteiger partial charge in [-0.2, -0.15) is 0 Å². The zero-order valence-electron chi connectivity index (χ0n) is 16.5. The lowest BCUT2D eigenvalue weighted by atomic mass is 9.79. The number of hydrogen-bond donors (Lipinski definition) is 0. The molecule has 3 rings (SSSR count). The van der Waals surface area contributed by atoms with E-state index in [1.807, 2.05) is 27.7 Å². The standard InChI is InChI=1S/C16H20BClN2O3/c1-15(2)16(3,4)23-17(22-15)11-6-7-13(12(18)10-11)20-9-8-19(5)14(20)21/h6-10H,1-5H3/i5D3. The van der Waals surface area contributed by atoms with Crippen LogP contribution in [0.15, 0.2) is 35.4 Å². The van der Waals surface area contributed by atoms with Crippen molar-refractivity contribution in [3.63, 3.8) is 0 Å². The maximum Gasteiger partial charge on any atom is 0.494 e. The summed E-state index contributed by atoms with van der Waals surface area (Å²) in [6.45, 7) is 5.29. The van der Waals surface area contributed by atoms with Crippen molar-refractivity contribution in [3.8, 4) is 5.69 Å². The van der Waals surface area contributed by atoms with Gasteiger partial charge in [0, 0.05) is 23.5 Å². The molecule has 0 spiro atoms. The first-order chi connectivity index (χ1) is 11.8. The van der Waals surface area contributed by atoms with Gasteiger partial charge in [-0.1, -0.05) is 17.7 Å². The average molecular weight is 338 g/mol. The van der Waals surface area contributed by atoms with Gasteiger partial charge in [0.1, 0.15) is 0 Å². The van der Waals surface area contributed by atoms with Crippen LogP contribution in [0.5, 0.6) is 0 Å². The predicted molar refractivity (Wildman–Crippen MR) is 91.7 cm³/mol. The summed E-state index contributed by atoms with van der Waals surface area (Å²) >= 11 is 6.36. The second-order valence-electron chi connectivity index (χ2n) is 6.62. The van der Waals surface area contributed by atoms with Crippen LogP contribution in [-0.2, 0) is 16.3 Å². The Hall–Kier alpha value is -1.50. The number of aryl methyl sites for hydroxylation is 1. The summed E-state index contributed by atoms with van der Waals surface area (Å²) in [5.74, 6) is 0. The highest BCUT2D eigenvalue weighted by molar-refractivity contribution is 6.62. The van der Waals surface area contributed by atoms with Crippen LogP contribution < -0.4 is 11.2 Å². The third kappa shape index (κ3) is 2.65. The first-order valence-electron chi connectivity index (χ1n) is 8.79. The molecular weight excluding hydrogens is 314 g/mol. The van der Waals surface area contributed by atoms with Gasteiger partial charge < -0.3 is 13.9 Å². The Morgan fingerprint density at radius 1 is 1.17 bits per heavy atom. The number of rotatable bonds is 2. The van der Waals surface area contributed by atoms with Crippen LogP contribution in [0.3, 0.4) is 0 Å². The summed E-state index contributed by atoms with van der Waals surface area (Å²) in [6, 6.07) is 5.06. The maximum atomic E-state index is 12.3. The van der Waals surface area contributed by atoms with E-state index in [2.05, 4.69) is 0 Å². The Bertz CT molecular complexity index is 889. The van der Waals surface area contributed by atoms with Gasteiger partial charge in [0.15, 0.2) is 0 Å². The number of nitrogens with zero attached hydrogens (tertiary/aromatic N) is 2. The average Bonchev–Trinajstić information content (AvgIpc) is 2.96. The van der Waals surface area contributed by atoms with Gasteiger partial charge >= 0.3 is 12.8 Å². The number of imidazole rings is 1. The topological polar surface area (TPSA) is 45.4 Å². The molecular formula is C16H20BClN2O3. The van der Waals surface area contributed by atoms with Crippen LogP contribution in [0, 0.1) is 0 Å². The Labute approximate surface area is 145 Å². The molecule has 1 aromatic carbocycles. The minimum atomic E-state index is -2.54. The third-order valence-electron chi connectivity index (χ3n) is 4.53. The number of halogens is 1. The van der Waals surface area contributed by atoms with Gasteiger partial charge in [0.25, 0.3) is 0 Å². The second kappa shape index (κ2) is 5.26. The minimum absolute atomic E-state index is 0.294. The smallest absolute Gasteiger partial charge is 0.399 e. The van der Waals surface area contributed by atoms with Gasteiger partial charge in [-0.3, -0.25) is 4.57 Å². The molecule has 5 nitrogen and oxygen atoms in total. The summed E-state index contributed by atoms with van der Waals surface area (Å²) in [5, 5.41) is 0.294. The zero-order chi connectivity index (χ0) is 19.5. The van der Waals surface area contributed by atoms with Crippen LogP contribution in [0.1, 0.15) is 31.8 Å². The summed E-state index contributed by atoms with van der Waals surface area (Å²) < 4.78 is 36.0. The van der Waals surface area contributed by atoms with Crippen molar-refractivity contribution in [2.24, 2.45) is 6.98 Å². The first-order valence-corrected chi connectivity index (χ1v) is 7.67. The Morgan fingerprint density at radius 2 is 1.83 bits per heavy atom. The Morgan fingerprint density at radius 3 is 2.35 bits per heavy atom. The second-order valence-corrected chi connectivity index (χ2v) is 7.03. The van der Waals surface area contributed by atoms with Gasteiger partial charge in [-0.05, 0) is 45.3 Å². The lowest BCUT2D eigenvalue weighted by Crippen LogP contribution is -2.41. The molecule has 2 heterocycles. The molecule has 0 saturated carbocycles. The quantitative estimate of drug-likeness (QED) is 0.789. The normalized spacial score (nSPS) is 21.8. The highest BCUT2D eigenvalue weighted by Gasteiger charge is 2.51. The van der Waals surface area contributed by atoms with E-state index in [0.29, 0.717) is 15.3 Å². The van der Waals surface area contributed by atoms with E-state index in [-0.39, 0.29) is 0 Å². The summed E-state index contributed by atoms with van der Waals surface area (Å²) in [7, 11) is -0.574. The molecule has 0 radical (unpaired) electrons. The monoisotopic (exact) mass is 337 g/mol. The molecule has 1 aliphatic rings. The molecule has 122 valence electrons. The molecule has 0 unspecified atom stereocenters. The number of aromatic nitrogens is 2. The van der Waals surface area contributed by atoms with E-state index in [9.17, 15) is 4.79 Å². The SMILES string of the molecule is [2H]C([2H])([2H])n1ccn(-c2ccc(B3OC(C)(C)C(C)(C)O3)cc2Cl)c1=O. The van der Waals surface area contributed by atoms with E-state index in [0.717, 1.165) is 5.46 Å². The predicted octanol–water partition coefficient (Wildman–Crippen LogP) is 2.13. The molecule has 7 heteroatoms. The summed E-state index contributed by atoms with van der Waals surface area (Å²) in [6.07, 6.45) is 2.60. The molecule has 1 aliphatic heterocycles. The highest BCUT2D eigenvalue weighted by Crippen LogP contribution is 2.36. The highest BCUT2D eigenvalue weighted by atomic mass is 35.5. The molecule has 0 bridgehead atoms. The maximum absolute atomic E-state index is 12.3. The van der Waals surface area contributed by atoms with E-state index < -0.39 is 31.0 Å². The third-order valence-corrected chi connectivity index (χ3v) is 4.84. The number of benzene rings is 1. The van der Waals surface area contributed by atoms with Crippen molar-refractivity contribution < 1.29 is 13.4 Å².